The van der Waals surface area contributed by atoms with E-state index < -0.39 is 0 Å². The van der Waals surface area contributed by atoms with E-state index in [1.807, 2.05) is 25.4 Å². The lowest BCUT2D eigenvalue weighted by molar-refractivity contribution is 1.09. The highest BCUT2D eigenvalue weighted by atomic mass is 32.1. The highest BCUT2D eigenvalue weighted by molar-refractivity contribution is 7.24. The van der Waals surface area contributed by atoms with Gasteiger partial charge in [-0.1, -0.05) is 36.1 Å². The van der Waals surface area contributed by atoms with Crippen molar-refractivity contribution in [2.75, 3.05) is 16.8 Å². The number of pyridine rings is 1. The molecule has 0 spiro atoms. The number of para-hydroxylation sites is 2. The van der Waals surface area contributed by atoms with Crippen LogP contribution in [0.25, 0.3) is 26.2 Å². The molecule has 0 atom stereocenters. The molecule has 0 saturated heterocycles. The molecule has 3 aromatic heterocycles. The summed E-state index contributed by atoms with van der Waals surface area (Å²) in [5.41, 5.74) is 5.45. The molecule has 0 aliphatic carbocycles. The Kier molecular flexibility index (Phi) is 2.78. The molecule has 0 fully saturated rings. The molecule has 0 saturated carbocycles. The standard InChI is InChI=1S/C21H15N5S/c1-13-24(2)18-11-6-12-22-20(18)25(13)16-9-5-10-17-19(16)27-21-23-14-7-3-4-8-15(14)26(17)21/h3-12H,1H2,2H3. The molecule has 6 rings (SSSR count). The lowest BCUT2D eigenvalue weighted by atomic mass is 10.2. The Hall–Kier alpha value is -3.38. The van der Waals surface area contributed by atoms with Gasteiger partial charge in [0.1, 0.15) is 5.82 Å². The minimum absolute atomic E-state index is 0.895. The third-order valence-electron chi connectivity index (χ3n) is 5.16. The maximum absolute atomic E-state index is 4.81. The van der Waals surface area contributed by atoms with E-state index in [4.69, 9.17) is 4.98 Å². The molecule has 5 aromatic rings. The molecule has 2 aromatic carbocycles. The molecular weight excluding hydrogens is 354 g/mol. The number of anilines is 3. The Morgan fingerprint density at radius 1 is 0.926 bits per heavy atom. The number of hydrogen-bond acceptors (Lipinski definition) is 5. The van der Waals surface area contributed by atoms with Crippen molar-refractivity contribution in [1.82, 2.24) is 14.4 Å². The summed E-state index contributed by atoms with van der Waals surface area (Å²) >= 11 is 1.70. The van der Waals surface area contributed by atoms with Crippen LogP contribution in [0.4, 0.5) is 17.2 Å². The van der Waals surface area contributed by atoms with E-state index in [2.05, 4.69) is 68.2 Å². The van der Waals surface area contributed by atoms with Crippen LogP contribution in [0.1, 0.15) is 0 Å². The van der Waals surface area contributed by atoms with Crippen molar-refractivity contribution in [2.45, 2.75) is 0 Å². The van der Waals surface area contributed by atoms with Crippen molar-refractivity contribution in [3.63, 3.8) is 0 Å². The average Bonchev–Trinajstić information content (AvgIpc) is 3.31. The van der Waals surface area contributed by atoms with Gasteiger partial charge >= 0.3 is 0 Å². The molecule has 5 nitrogen and oxygen atoms in total. The molecule has 1 aliphatic rings. The number of imidazole rings is 1. The van der Waals surface area contributed by atoms with Gasteiger partial charge < -0.3 is 4.90 Å². The summed E-state index contributed by atoms with van der Waals surface area (Å²) in [6, 6.07) is 18.7. The van der Waals surface area contributed by atoms with Crippen molar-refractivity contribution in [3.05, 3.63) is 73.2 Å². The largest absolute Gasteiger partial charge is 0.328 e. The minimum Gasteiger partial charge on any atom is -0.328 e. The van der Waals surface area contributed by atoms with Gasteiger partial charge in [-0.3, -0.25) is 9.30 Å². The topological polar surface area (TPSA) is 36.7 Å². The molecule has 0 N–H and O–H groups in total. The monoisotopic (exact) mass is 369 g/mol. The second-order valence-electron chi connectivity index (χ2n) is 6.60. The number of nitrogens with zero attached hydrogens (tertiary/aromatic N) is 5. The van der Waals surface area contributed by atoms with E-state index in [-0.39, 0.29) is 0 Å². The number of rotatable bonds is 1. The number of hydrogen-bond donors (Lipinski definition) is 0. The summed E-state index contributed by atoms with van der Waals surface area (Å²) in [6.07, 6.45) is 1.83. The SMILES string of the molecule is C=C1N(C)c2cccnc2N1c1cccc2c1sc1nc3ccccc3n12. The Morgan fingerprint density at radius 3 is 2.67 bits per heavy atom. The van der Waals surface area contributed by atoms with E-state index in [0.29, 0.717) is 0 Å². The van der Waals surface area contributed by atoms with E-state index >= 15 is 0 Å². The van der Waals surface area contributed by atoms with E-state index in [9.17, 15) is 0 Å². The first-order valence-corrected chi connectivity index (χ1v) is 9.52. The normalized spacial score (nSPS) is 14.0. The first-order valence-electron chi connectivity index (χ1n) is 8.70. The van der Waals surface area contributed by atoms with E-state index in [0.717, 1.165) is 44.5 Å². The Morgan fingerprint density at radius 2 is 1.74 bits per heavy atom. The summed E-state index contributed by atoms with van der Waals surface area (Å²) in [7, 11) is 2.03. The fraction of sp³-hybridized carbons (Fsp3) is 0.0476. The first-order chi connectivity index (χ1) is 13.2. The van der Waals surface area contributed by atoms with Crippen molar-refractivity contribution in [3.8, 4) is 0 Å². The molecule has 0 unspecified atom stereocenters. The lowest BCUT2D eigenvalue weighted by Gasteiger charge is -2.21. The highest BCUT2D eigenvalue weighted by Crippen LogP contribution is 2.46. The average molecular weight is 369 g/mol. The summed E-state index contributed by atoms with van der Waals surface area (Å²) in [4.78, 5) is 14.6. The van der Waals surface area contributed by atoms with Gasteiger partial charge in [-0.05, 0) is 36.4 Å². The van der Waals surface area contributed by atoms with Gasteiger partial charge in [0.25, 0.3) is 0 Å². The summed E-state index contributed by atoms with van der Waals surface area (Å²) in [5, 5.41) is 0. The van der Waals surface area contributed by atoms with Crippen LogP contribution < -0.4 is 9.80 Å². The molecule has 6 heteroatoms. The molecule has 1 aliphatic heterocycles. The van der Waals surface area contributed by atoms with Gasteiger partial charge in [0.2, 0.25) is 0 Å². The summed E-state index contributed by atoms with van der Waals surface area (Å²) in [6.45, 7) is 4.30. The maximum atomic E-state index is 4.81. The quantitative estimate of drug-likeness (QED) is 0.409. The Labute approximate surface area is 159 Å². The molecule has 0 amide bonds. The van der Waals surface area contributed by atoms with Gasteiger partial charge in [-0.25, -0.2) is 9.97 Å². The second-order valence-corrected chi connectivity index (χ2v) is 7.58. The van der Waals surface area contributed by atoms with Gasteiger partial charge in [0.15, 0.2) is 10.8 Å². The van der Waals surface area contributed by atoms with Gasteiger partial charge in [0, 0.05) is 13.2 Å². The van der Waals surface area contributed by atoms with Crippen LogP contribution in [0.2, 0.25) is 0 Å². The van der Waals surface area contributed by atoms with Crippen LogP contribution in [-0.2, 0) is 0 Å². The number of benzene rings is 2. The zero-order valence-electron chi connectivity index (χ0n) is 14.6. The Bertz CT molecular complexity index is 1380. The molecule has 0 bridgehead atoms. The van der Waals surface area contributed by atoms with E-state index in [1.54, 1.807) is 11.3 Å². The fourth-order valence-corrected chi connectivity index (χ4v) is 5.00. The van der Waals surface area contributed by atoms with Crippen molar-refractivity contribution in [2.24, 2.45) is 0 Å². The van der Waals surface area contributed by atoms with Crippen molar-refractivity contribution >= 4 is 54.7 Å². The van der Waals surface area contributed by atoms with Crippen molar-refractivity contribution in [1.29, 1.82) is 0 Å². The third kappa shape index (κ3) is 1.82. The van der Waals surface area contributed by atoms with Crippen LogP contribution >= 0.6 is 11.3 Å². The molecule has 130 valence electrons. The smallest absolute Gasteiger partial charge is 0.195 e. The fourth-order valence-electron chi connectivity index (χ4n) is 3.85. The van der Waals surface area contributed by atoms with Crippen LogP contribution in [0.5, 0.6) is 0 Å². The van der Waals surface area contributed by atoms with Gasteiger partial charge in [-0.15, -0.1) is 0 Å². The number of fused-ring (bicyclic) bond motifs is 6. The van der Waals surface area contributed by atoms with Crippen LogP contribution in [0.3, 0.4) is 0 Å². The molecule has 4 heterocycles. The predicted molar refractivity (Wildman–Crippen MR) is 112 cm³/mol. The third-order valence-corrected chi connectivity index (χ3v) is 6.24. The predicted octanol–water partition coefficient (Wildman–Crippen LogP) is 5.16. The first kappa shape index (κ1) is 14.8. The number of aromatic nitrogens is 3. The van der Waals surface area contributed by atoms with Crippen LogP contribution in [-0.4, -0.2) is 21.4 Å². The molecular formula is C21H15N5S. The summed E-state index contributed by atoms with van der Waals surface area (Å²) in [5.74, 6) is 1.81. The van der Waals surface area contributed by atoms with Gasteiger partial charge in [0.05, 0.1) is 32.6 Å². The minimum atomic E-state index is 0.895. The van der Waals surface area contributed by atoms with Crippen LogP contribution in [0.15, 0.2) is 73.2 Å². The van der Waals surface area contributed by atoms with Crippen LogP contribution in [0, 0.1) is 0 Å². The zero-order valence-corrected chi connectivity index (χ0v) is 15.4. The number of thiazole rings is 1. The highest BCUT2D eigenvalue weighted by Gasteiger charge is 2.31. The van der Waals surface area contributed by atoms with Crippen molar-refractivity contribution < 1.29 is 0 Å². The molecule has 27 heavy (non-hydrogen) atoms. The zero-order chi connectivity index (χ0) is 18.1. The van der Waals surface area contributed by atoms with E-state index in [1.165, 1.54) is 4.70 Å². The molecule has 0 radical (unpaired) electrons. The maximum Gasteiger partial charge on any atom is 0.195 e. The van der Waals surface area contributed by atoms with Gasteiger partial charge in [-0.2, -0.15) is 0 Å². The second kappa shape index (κ2) is 5.08. The lowest BCUT2D eigenvalue weighted by Crippen LogP contribution is -2.20. The Balaban J connectivity index is 1.68. The summed E-state index contributed by atoms with van der Waals surface area (Å²) < 4.78 is 3.42.